The van der Waals surface area contributed by atoms with Gasteiger partial charge < -0.3 is 14.2 Å². The first-order valence-corrected chi connectivity index (χ1v) is 9.34. The molecule has 1 heterocycles. The number of amides is 2. The minimum Gasteiger partial charge on any atom is -0.493 e. The standard InChI is InChI=1S/C20H14F3NO6S/c1-28-15-7-10(8-16-17(25)24-19(27)31-16)3-5-14(15)30-13-6-4-11(18(26)29-2)9-12(13)20(21,22)23/h3-9H,1-2H3,(H,24,25,27)/b16-8+. The Labute approximate surface area is 178 Å². The van der Waals surface area contributed by atoms with Gasteiger partial charge in [-0.2, -0.15) is 13.2 Å². The lowest BCUT2D eigenvalue weighted by molar-refractivity contribution is -0.138. The second kappa shape index (κ2) is 8.72. The van der Waals surface area contributed by atoms with Crippen LogP contribution in [0.4, 0.5) is 18.0 Å². The quantitative estimate of drug-likeness (QED) is 0.522. The van der Waals surface area contributed by atoms with Crippen LogP contribution in [-0.4, -0.2) is 31.3 Å². The predicted octanol–water partition coefficient (Wildman–Crippen LogP) is 4.62. The van der Waals surface area contributed by atoms with Gasteiger partial charge >= 0.3 is 12.1 Å². The van der Waals surface area contributed by atoms with Crippen LogP contribution in [0.25, 0.3) is 6.08 Å². The molecular weight excluding hydrogens is 439 g/mol. The Morgan fingerprint density at radius 1 is 1.03 bits per heavy atom. The predicted molar refractivity (Wildman–Crippen MR) is 105 cm³/mol. The topological polar surface area (TPSA) is 90.9 Å². The Kier molecular flexibility index (Phi) is 6.25. The van der Waals surface area contributed by atoms with Crippen molar-refractivity contribution in [2.75, 3.05) is 14.2 Å². The van der Waals surface area contributed by atoms with Gasteiger partial charge in [0, 0.05) is 0 Å². The fraction of sp³-hybridized carbons (Fsp3) is 0.150. The second-order valence-corrected chi connectivity index (χ2v) is 7.08. The molecular formula is C20H14F3NO6S. The monoisotopic (exact) mass is 453 g/mol. The van der Waals surface area contributed by atoms with Crippen molar-refractivity contribution in [1.29, 1.82) is 0 Å². The summed E-state index contributed by atoms with van der Waals surface area (Å²) in [5.74, 6) is -1.94. The third-order valence-electron chi connectivity index (χ3n) is 4.05. The van der Waals surface area contributed by atoms with E-state index >= 15 is 0 Å². The molecule has 1 aliphatic rings. The molecule has 0 unspecified atom stereocenters. The highest BCUT2D eigenvalue weighted by atomic mass is 32.2. The van der Waals surface area contributed by atoms with E-state index in [1.54, 1.807) is 0 Å². The van der Waals surface area contributed by atoms with Crippen molar-refractivity contribution in [1.82, 2.24) is 5.32 Å². The van der Waals surface area contributed by atoms with Crippen molar-refractivity contribution in [3.63, 3.8) is 0 Å². The van der Waals surface area contributed by atoms with E-state index in [0.717, 1.165) is 31.0 Å². The van der Waals surface area contributed by atoms with Crippen molar-refractivity contribution < 1.29 is 41.8 Å². The lowest BCUT2D eigenvalue weighted by Crippen LogP contribution is -2.17. The van der Waals surface area contributed by atoms with Crippen LogP contribution in [0.1, 0.15) is 21.5 Å². The average Bonchev–Trinajstić information content (AvgIpc) is 3.04. The summed E-state index contributed by atoms with van der Waals surface area (Å²) in [6, 6.07) is 7.08. The number of benzene rings is 2. The minimum absolute atomic E-state index is 0.0272. The molecule has 1 fully saturated rings. The molecule has 0 bridgehead atoms. The summed E-state index contributed by atoms with van der Waals surface area (Å²) in [7, 11) is 2.36. The zero-order valence-electron chi connectivity index (χ0n) is 16.0. The Bertz CT molecular complexity index is 1100. The highest BCUT2D eigenvalue weighted by Gasteiger charge is 2.36. The number of methoxy groups -OCH3 is 2. The molecule has 162 valence electrons. The number of rotatable bonds is 5. The van der Waals surface area contributed by atoms with Crippen LogP contribution in [0.2, 0.25) is 0 Å². The summed E-state index contributed by atoms with van der Waals surface area (Å²) in [5.41, 5.74) is -0.979. The van der Waals surface area contributed by atoms with Crippen LogP contribution in [0.3, 0.4) is 0 Å². The van der Waals surface area contributed by atoms with Gasteiger partial charge in [0.15, 0.2) is 11.5 Å². The van der Waals surface area contributed by atoms with Crippen molar-refractivity contribution >= 4 is 35.0 Å². The molecule has 2 aromatic carbocycles. The van der Waals surface area contributed by atoms with Crippen molar-refractivity contribution in [2.45, 2.75) is 6.18 Å². The normalized spacial score (nSPS) is 15.1. The number of ether oxygens (including phenoxy) is 3. The lowest BCUT2D eigenvalue weighted by Gasteiger charge is -2.16. The smallest absolute Gasteiger partial charge is 0.420 e. The van der Waals surface area contributed by atoms with Gasteiger partial charge in [-0.1, -0.05) is 6.07 Å². The number of halogens is 3. The van der Waals surface area contributed by atoms with Gasteiger partial charge in [0.05, 0.1) is 30.3 Å². The van der Waals surface area contributed by atoms with Gasteiger partial charge in [0.25, 0.3) is 11.1 Å². The number of alkyl halides is 3. The van der Waals surface area contributed by atoms with Gasteiger partial charge in [-0.3, -0.25) is 14.9 Å². The number of carbonyl (C=O) groups excluding carboxylic acids is 3. The van der Waals surface area contributed by atoms with Gasteiger partial charge in [-0.25, -0.2) is 4.79 Å². The minimum atomic E-state index is -4.80. The second-order valence-electron chi connectivity index (χ2n) is 6.06. The fourth-order valence-corrected chi connectivity index (χ4v) is 3.32. The largest absolute Gasteiger partial charge is 0.493 e. The molecule has 0 saturated carbocycles. The molecule has 31 heavy (non-hydrogen) atoms. The fourth-order valence-electron chi connectivity index (χ4n) is 2.63. The Balaban J connectivity index is 1.95. The van der Waals surface area contributed by atoms with E-state index in [1.807, 2.05) is 0 Å². The molecule has 0 radical (unpaired) electrons. The van der Waals surface area contributed by atoms with E-state index in [9.17, 15) is 27.6 Å². The average molecular weight is 453 g/mol. The molecule has 2 amide bonds. The van der Waals surface area contributed by atoms with Gasteiger partial charge in [0.2, 0.25) is 0 Å². The van der Waals surface area contributed by atoms with Crippen LogP contribution in [0, 0.1) is 0 Å². The molecule has 7 nitrogen and oxygen atoms in total. The third-order valence-corrected chi connectivity index (χ3v) is 4.86. The van der Waals surface area contributed by atoms with Gasteiger partial charge in [-0.15, -0.1) is 0 Å². The first-order valence-electron chi connectivity index (χ1n) is 8.52. The highest BCUT2D eigenvalue weighted by Crippen LogP contribution is 2.41. The van der Waals surface area contributed by atoms with Crippen LogP contribution in [0.15, 0.2) is 41.3 Å². The number of hydrogen-bond acceptors (Lipinski definition) is 7. The van der Waals surface area contributed by atoms with Crippen molar-refractivity contribution in [3.05, 3.63) is 58.0 Å². The van der Waals surface area contributed by atoms with E-state index in [0.29, 0.717) is 11.6 Å². The molecule has 0 aliphatic carbocycles. The van der Waals surface area contributed by atoms with Gasteiger partial charge in [0.1, 0.15) is 5.75 Å². The molecule has 3 rings (SSSR count). The van der Waals surface area contributed by atoms with Crippen LogP contribution in [0.5, 0.6) is 17.2 Å². The maximum absolute atomic E-state index is 13.5. The summed E-state index contributed by atoms with van der Waals surface area (Å²) in [6.45, 7) is 0. The van der Waals surface area contributed by atoms with E-state index in [1.165, 1.54) is 31.4 Å². The first-order chi connectivity index (χ1) is 14.6. The number of thioether (sulfide) groups is 1. The van der Waals surface area contributed by atoms with E-state index in [-0.39, 0.29) is 22.0 Å². The molecule has 1 aliphatic heterocycles. The maximum Gasteiger partial charge on any atom is 0.420 e. The maximum atomic E-state index is 13.5. The zero-order chi connectivity index (χ0) is 22.8. The summed E-state index contributed by atoms with van der Waals surface area (Å²) >= 11 is 0.726. The van der Waals surface area contributed by atoms with Crippen molar-refractivity contribution in [2.24, 2.45) is 0 Å². The molecule has 1 N–H and O–H groups in total. The summed E-state index contributed by atoms with van der Waals surface area (Å²) in [4.78, 5) is 34.7. The molecule has 0 spiro atoms. The SMILES string of the molecule is COC(=O)c1ccc(Oc2ccc(/C=C3/SC(=O)NC3=O)cc2OC)c(C(F)(F)F)c1. The van der Waals surface area contributed by atoms with Crippen LogP contribution < -0.4 is 14.8 Å². The Morgan fingerprint density at radius 2 is 1.74 bits per heavy atom. The van der Waals surface area contributed by atoms with E-state index in [2.05, 4.69) is 10.1 Å². The van der Waals surface area contributed by atoms with Crippen molar-refractivity contribution in [3.8, 4) is 17.2 Å². The molecule has 11 heteroatoms. The molecule has 0 atom stereocenters. The Hall–Kier alpha value is -3.47. The first kappa shape index (κ1) is 22.2. The third kappa shape index (κ3) is 5.00. The number of esters is 1. The van der Waals surface area contributed by atoms with Crippen LogP contribution >= 0.6 is 11.8 Å². The highest BCUT2D eigenvalue weighted by molar-refractivity contribution is 8.18. The van der Waals surface area contributed by atoms with Crippen LogP contribution in [-0.2, 0) is 15.7 Å². The number of hydrogen-bond donors (Lipinski definition) is 1. The number of nitrogens with one attached hydrogen (secondary N) is 1. The molecule has 0 aromatic heterocycles. The summed E-state index contributed by atoms with van der Waals surface area (Å²) < 4.78 is 55.6. The number of carbonyl (C=O) groups is 3. The van der Waals surface area contributed by atoms with Gasteiger partial charge in [-0.05, 0) is 53.7 Å². The number of imide groups is 1. The summed E-state index contributed by atoms with van der Waals surface area (Å²) in [5, 5.41) is 1.62. The van der Waals surface area contributed by atoms with E-state index in [4.69, 9.17) is 9.47 Å². The summed E-state index contributed by atoms with van der Waals surface area (Å²) in [6.07, 6.45) is -3.36. The zero-order valence-corrected chi connectivity index (χ0v) is 16.8. The molecule has 1 saturated heterocycles. The molecule has 2 aromatic rings. The lowest BCUT2D eigenvalue weighted by atomic mass is 10.1. The van der Waals surface area contributed by atoms with E-state index < -0.39 is 34.6 Å². The Morgan fingerprint density at radius 3 is 2.32 bits per heavy atom.